The van der Waals surface area contributed by atoms with Gasteiger partial charge in [0, 0.05) is 6.08 Å². The number of carbonyl (C=O) groups is 1. The van der Waals surface area contributed by atoms with Gasteiger partial charge in [0.1, 0.15) is 0 Å². The number of alkyl halides is 1. The standard InChI is InChI=1S/C6H7BrO/c1-3-4-6(8)5(2)7/h4-5H,1H2,2H3. The average molecular weight is 175 g/mol. The van der Waals surface area contributed by atoms with E-state index in [4.69, 9.17) is 0 Å². The van der Waals surface area contributed by atoms with Gasteiger partial charge in [-0.05, 0) is 6.92 Å². The Morgan fingerprint density at radius 2 is 2.50 bits per heavy atom. The van der Waals surface area contributed by atoms with Crippen molar-refractivity contribution in [1.29, 1.82) is 0 Å². The van der Waals surface area contributed by atoms with Crippen LogP contribution in [0.25, 0.3) is 0 Å². The highest BCUT2D eigenvalue weighted by molar-refractivity contribution is 9.10. The van der Waals surface area contributed by atoms with E-state index in [9.17, 15) is 4.79 Å². The van der Waals surface area contributed by atoms with E-state index in [2.05, 4.69) is 28.2 Å². The zero-order valence-corrected chi connectivity index (χ0v) is 6.23. The van der Waals surface area contributed by atoms with Crippen LogP contribution in [-0.2, 0) is 4.79 Å². The summed E-state index contributed by atoms with van der Waals surface area (Å²) in [5, 5.41) is 0. The fourth-order valence-electron chi connectivity index (χ4n) is 0.215. The van der Waals surface area contributed by atoms with Crippen molar-refractivity contribution in [1.82, 2.24) is 0 Å². The smallest absolute Gasteiger partial charge is 0.176 e. The Morgan fingerprint density at radius 1 is 2.00 bits per heavy atom. The van der Waals surface area contributed by atoms with Gasteiger partial charge in [0.25, 0.3) is 0 Å². The maximum absolute atomic E-state index is 10.5. The lowest BCUT2D eigenvalue weighted by Gasteiger charge is -1.90. The summed E-state index contributed by atoms with van der Waals surface area (Å²) in [5.41, 5.74) is 2.39. The van der Waals surface area contributed by atoms with E-state index < -0.39 is 0 Å². The van der Waals surface area contributed by atoms with E-state index in [1.54, 1.807) is 6.92 Å². The third kappa shape index (κ3) is 2.78. The summed E-state index contributed by atoms with van der Waals surface area (Å²) in [5.74, 6) is 0.000000000000000222. The number of carbonyl (C=O) groups excluding carboxylic acids is 1. The van der Waals surface area contributed by atoms with Crippen molar-refractivity contribution in [2.45, 2.75) is 11.8 Å². The Bertz CT molecular complexity index is 131. The van der Waals surface area contributed by atoms with Crippen molar-refractivity contribution in [3.05, 3.63) is 18.4 Å². The molecule has 0 aromatic rings. The Labute approximate surface area is 57.2 Å². The molecule has 1 unspecified atom stereocenters. The number of hydrogen-bond donors (Lipinski definition) is 0. The molecule has 0 aliphatic carbocycles. The van der Waals surface area contributed by atoms with Gasteiger partial charge >= 0.3 is 0 Å². The maximum atomic E-state index is 10.5. The van der Waals surface area contributed by atoms with Crippen LogP contribution in [0.3, 0.4) is 0 Å². The first-order valence-corrected chi connectivity index (χ1v) is 3.13. The highest BCUT2D eigenvalue weighted by Crippen LogP contribution is 1.98. The SMILES string of the molecule is C=C=CC(=O)C(C)Br. The van der Waals surface area contributed by atoms with Gasteiger partial charge in [0.05, 0.1) is 4.83 Å². The zero-order valence-electron chi connectivity index (χ0n) is 4.65. The molecule has 0 fully saturated rings. The predicted molar refractivity (Wildman–Crippen MR) is 37.1 cm³/mol. The number of hydrogen-bond acceptors (Lipinski definition) is 1. The third-order valence-electron chi connectivity index (χ3n) is 0.636. The number of allylic oxidation sites excluding steroid dienone is 1. The first kappa shape index (κ1) is 7.67. The van der Waals surface area contributed by atoms with Gasteiger partial charge in [-0.1, -0.05) is 22.5 Å². The summed E-state index contributed by atoms with van der Waals surface area (Å²) in [6.45, 7) is 5.02. The molecule has 0 N–H and O–H groups in total. The minimum atomic E-state index is -0.114. The van der Waals surface area contributed by atoms with Gasteiger partial charge < -0.3 is 0 Å². The van der Waals surface area contributed by atoms with Crippen molar-refractivity contribution < 1.29 is 4.79 Å². The fourth-order valence-corrected chi connectivity index (χ4v) is 0.348. The first-order chi connectivity index (χ1) is 3.68. The number of halogens is 1. The Kier molecular flexibility index (Phi) is 3.49. The Hall–Kier alpha value is -0.330. The lowest BCUT2D eigenvalue weighted by Crippen LogP contribution is -2.03. The molecule has 0 rings (SSSR count). The molecule has 2 heteroatoms. The van der Waals surface area contributed by atoms with Crippen molar-refractivity contribution in [3.63, 3.8) is 0 Å². The van der Waals surface area contributed by atoms with E-state index in [-0.39, 0.29) is 10.6 Å². The molecular formula is C6H7BrO. The van der Waals surface area contributed by atoms with Crippen LogP contribution >= 0.6 is 15.9 Å². The quantitative estimate of drug-likeness (QED) is 0.354. The summed E-state index contributed by atoms with van der Waals surface area (Å²) < 4.78 is 0. The number of rotatable bonds is 2. The largest absolute Gasteiger partial charge is 0.293 e. The van der Waals surface area contributed by atoms with E-state index in [0.717, 1.165) is 0 Å². The summed E-state index contributed by atoms with van der Waals surface area (Å²) >= 11 is 3.09. The van der Waals surface area contributed by atoms with Crippen LogP contribution in [0.5, 0.6) is 0 Å². The molecule has 0 spiro atoms. The second-order valence-corrected chi connectivity index (χ2v) is 2.74. The lowest BCUT2D eigenvalue weighted by molar-refractivity contribution is -0.113. The topological polar surface area (TPSA) is 17.1 Å². The van der Waals surface area contributed by atoms with E-state index >= 15 is 0 Å². The van der Waals surface area contributed by atoms with Crippen molar-refractivity contribution in [2.75, 3.05) is 0 Å². The van der Waals surface area contributed by atoms with Gasteiger partial charge in [0.15, 0.2) is 5.78 Å². The van der Waals surface area contributed by atoms with E-state index in [1.807, 2.05) is 0 Å². The normalized spacial score (nSPS) is 11.8. The van der Waals surface area contributed by atoms with Crippen LogP contribution in [0.2, 0.25) is 0 Å². The zero-order chi connectivity index (χ0) is 6.57. The number of ketones is 1. The highest BCUT2D eigenvalue weighted by Gasteiger charge is 2.01. The van der Waals surface area contributed by atoms with Crippen molar-refractivity contribution >= 4 is 21.7 Å². The molecule has 44 valence electrons. The highest BCUT2D eigenvalue weighted by atomic mass is 79.9. The van der Waals surface area contributed by atoms with Gasteiger partial charge in [0.2, 0.25) is 0 Å². The molecule has 0 aromatic carbocycles. The monoisotopic (exact) mass is 174 g/mol. The molecule has 8 heavy (non-hydrogen) atoms. The van der Waals surface area contributed by atoms with Crippen LogP contribution in [0.1, 0.15) is 6.92 Å². The molecule has 0 amide bonds. The summed E-state index contributed by atoms with van der Waals surface area (Å²) in [7, 11) is 0. The molecule has 0 saturated heterocycles. The summed E-state index contributed by atoms with van der Waals surface area (Å²) in [4.78, 5) is 10.4. The van der Waals surface area contributed by atoms with Crippen LogP contribution < -0.4 is 0 Å². The minimum Gasteiger partial charge on any atom is -0.293 e. The molecular weight excluding hydrogens is 168 g/mol. The molecule has 0 saturated carbocycles. The molecule has 0 aliphatic rings. The average Bonchev–Trinajstić information content (AvgIpc) is 1.67. The Balaban J connectivity index is 3.84. The van der Waals surface area contributed by atoms with Crippen LogP contribution in [0.4, 0.5) is 0 Å². The van der Waals surface area contributed by atoms with Crippen LogP contribution in [-0.4, -0.2) is 10.6 Å². The van der Waals surface area contributed by atoms with E-state index in [0.29, 0.717) is 0 Å². The molecule has 0 bridgehead atoms. The molecule has 0 aromatic heterocycles. The lowest BCUT2D eigenvalue weighted by atomic mass is 10.3. The molecule has 1 atom stereocenters. The maximum Gasteiger partial charge on any atom is 0.176 e. The first-order valence-electron chi connectivity index (χ1n) is 2.22. The van der Waals surface area contributed by atoms with E-state index in [1.165, 1.54) is 6.08 Å². The third-order valence-corrected chi connectivity index (χ3v) is 1.09. The van der Waals surface area contributed by atoms with Gasteiger partial charge in [-0.15, -0.1) is 5.73 Å². The van der Waals surface area contributed by atoms with Crippen LogP contribution in [0, 0.1) is 0 Å². The predicted octanol–water partition coefficient (Wildman–Crippen LogP) is 1.68. The van der Waals surface area contributed by atoms with Gasteiger partial charge in [-0.3, -0.25) is 4.79 Å². The summed E-state index contributed by atoms with van der Waals surface area (Å²) in [6.07, 6.45) is 1.32. The van der Waals surface area contributed by atoms with Crippen molar-refractivity contribution in [2.24, 2.45) is 0 Å². The molecule has 0 radical (unpaired) electrons. The van der Waals surface area contributed by atoms with Gasteiger partial charge in [-0.2, -0.15) is 0 Å². The molecule has 1 nitrogen and oxygen atoms in total. The minimum absolute atomic E-state index is 0.000000000000000222. The second kappa shape index (κ2) is 3.65. The molecule has 0 aliphatic heterocycles. The van der Waals surface area contributed by atoms with Crippen molar-refractivity contribution in [3.8, 4) is 0 Å². The van der Waals surface area contributed by atoms with Crippen LogP contribution in [0.15, 0.2) is 18.4 Å². The summed E-state index contributed by atoms with van der Waals surface area (Å²) in [6, 6.07) is 0. The molecule has 0 heterocycles. The fraction of sp³-hybridized carbons (Fsp3) is 0.333. The second-order valence-electron chi connectivity index (χ2n) is 1.37. The Morgan fingerprint density at radius 3 is 2.62 bits per heavy atom. The van der Waals surface area contributed by atoms with Gasteiger partial charge in [-0.25, -0.2) is 0 Å².